The van der Waals surface area contributed by atoms with Crippen molar-refractivity contribution >= 4 is 0 Å². The second kappa shape index (κ2) is 3.49. The third-order valence-corrected chi connectivity index (χ3v) is 4.87. The quantitative estimate of drug-likeness (QED) is 0.724. The summed E-state index contributed by atoms with van der Waals surface area (Å²) in [5.74, 6) is 2.20. The summed E-state index contributed by atoms with van der Waals surface area (Å²) >= 11 is 0. The lowest BCUT2D eigenvalue weighted by Gasteiger charge is -2.61. The van der Waals surface area contributed by atoms with Crippen LogP contribution in [0.5, 0.6) is 0 Å². The number of hydrogen-bond donors (Lipinski definition) is 2. The molecule has 0 spiro atoms. The van der Waals surface area contributed by atoms with Crippen LogP contribution in [0.15, 0.2) is 0 Å². The summed E-state index contributed by atoms with van der Waals surface area (Å²) in [5, 5.41) is 10.0. The zero-order valence-electron chi connectivity index (χ0n) is 9.37. The molecule has 4 atom stereocenters. The van der Waals surface area contributed by atoms with Crippen molar-refractivity contribution in [1.29, 1.82) is 0 Å². The normalized spacial score (nSPS) is 41.6. The summed E-state index contributed by atoms with van der Waals surface area (Å²) < 4.78 is 0. The van der Waals surface area contributed by atoms with Crippen LogP contribution in [-0.2, 0) is 0 Å². The minimum Gasteiger partial charge on any atom is -0.393 e. The minimum absolute atomic E-state index is 0.148. The van der Waals surface area contributed by atoms with Crippen molar-refractivity contribution in [2.75, 3.05) is 6.54 Å². The Balaban J connectivity index is 2.00. The number of aliphatic hydroxyl groups is 1. The van der Waals surface area contributed by atoms with Gasteiger partial charge in [0.2, 0.25) is 0 Å². The predicted molar refractivity (Wildman–Crippen MR) is 57.8 cm³/mol. The van der Waals surface area contributed by atoms with Gasteiger partial charge in [-0.05, 0) is 55.4 Å². The lowest BCUT2D eigenvalue weighted by atomic mass is 9.45. The lowest BCUT2D eigenvalue weighted by Crippen LogP contribution is -2.55. The van der Waals surface area contributed by atoms with E-state index in [1.807, 2.05) is 0 Å². The molecular formula is C12H23NO. The maximum atomic E-state index is 10.0. The van der Waals surface area contributed by atoms with Crippen molar-refractivity contribution in [2.24, 2.45) is 28.9 Å². The third-order valence-electron chi connectivity index (χ3n) is 4.87. The van der Waals surface area contributed by atoms with Crippen LogP contribution < -0.4 is 5.73 Å². The maximum absolute atomic E-state index is 10.0. The Kier molecular flexibility index (Phi) is 2.61. The fourth-order valence-corrected chi connectivity index (χ4v) is 3.71. The van der Waals surface area contributed by atoms with Crippen LogP contribution >= 0.6 is 0 Å². The zero-order chi connectivity index (χ0) is 10.3. The molecule has 2 nitrogen and oxygen atoms in total. The molecule has 3 fully saturated rings. The highest BCUT2D eigenvalue weighted by atomic mass is 16.3. The molecule has 0 aromatic carbocycles. The molecule has 0 heterocycles. The molecule has 0 aliphatic heterocycles. The number of nitrogens with two attached hydrogens (primary N) is 1. The van der Waals surface area contributed by atoms with E-state index in [0.29, 0.717) is 17.9 Å². The van der Waals surface area contributed by atoms with Gasteiger partial charge < -0.3 is 10.8 Å². The summed E-state index contributed by atoms with van der Waals surface area (Å²) in [6.45, 7) is 5.36. The minimum atomic E-state index is -0.148. The summed E-state index contributed by atoms with van der Waals surface area (Å²) in [7, 11) is 0. The highest BCUT2D eigenvalue weighted by Crippen LogP contribution is 2.62. The first kappa shape index (κ1) is 10.4. The predicted octanol–water partition coefficient (Wildman–Crippen LogP) is 1.77. The van der Waals surface area contributed by atoms with Crippen molar-refractivity contribution in [3.05, 3.63) is 0 Å². The van der Waals surface area contributed by atoms with Crippen LogP contribution in [0.4, 0.5) is 0 Å². The van der Waals surface area contributed by atoms with E-state index >= 15 is 0 Å². The van der Waals surface area contributed by atoms with Crippen molar-refractivity contribution in [3.8, 4) is 0 Å². The van der Waals surface area contributed by atoms with Gasteiger partial charge in [0.05, 0.1) is 6.10 Å². The van der Waals surface area contributed by atoms with E-state index in [1.54, 1.807) is 0 Å². The Morgan fingerprint density at radius 3 is 2.64 bits per heavy atom. The van der Waals surface area contributed by atoms with Gasteiger partial charge in [-0.1, -0.05) is 13.8 Å². The average Bonchev–Trinajstić information content (AvgIpc) is 2.18. The van der Waals surface area contributed by atoms with Gasteiger partial charge in [0.1, 0.15) is 0 Å². The van der Waals surface area contributed by atoms with E-state index in [9.17, 15) is 5.11 Å². The largest absolute Gasteiger partial charge is 0.393 e. The van der Waals surface area contributed by atoms with Gasteiger partial charge in [0.25, 0.3) is 0 Å². The van der Waals surface area contributed by atoms with E-state index < -0.39 is 0 Å². The fourth-order valence-electron chi connectivity index (χ4n) is 3.71. The summed E-state index contributed by atoms with van der Waals surface area (Å²) in [6, 6.07) is 0. The molecule has 3 unspecified atom stereocenters. The van der Waals surface area contributed by atoms with Crippen LogP contribution in [0.1, 0.15) is 39.5 Å². The highest BCUT2D eigenvalue weighted by Gasteiger charge is 2.55. The van der Waals surface area contributed by atoms with Crippen LogP contribution in [0.2, 0.25) is 0 Å². The van der Waals surface area contributed by atoms with E-state index in [4.69, 9.17) is 5.73 Å². The molecule has 3 N–H and O–H groups in total. The van der Waals surface area contributed by atoms with Gasteiger partial charge in [-0.25, -0.2) is 0 Å². The number of aliphatic hydroxyl groups excluding tert-OH is 1. The molecular weight excluding hydrogens is 174 g/mol. The molecule has 3 saturated carbocycles. The second-order valence-corrected chi connectivity index (χ2v) is 5.75. The first-order valence-electron chi connectivity index (χ1n) is 5.95. The van der Waals surface area contributed by atoms with Gasteiger partial charge in [-0.15, -0.1) is 0 Å². The standard InChI is InChI=1S/C12H23NO/c1-12(2)8-3-4-9(10(12)7-8)11(14)5-6-13/h8-11,14H,3-7,13H2,1-2H3/t8?,9?,10?,11-/m0/s1. The van der Waals surface area contributed by atoms with Gasteiger partial charge >= 0.3 is 0 Å². The van der Waals surface area contributed by atoms with Gasteiger partial charge in [-0.3, -0.25) is 0 Å². The van der Waals surface area contributed by atoms with Crippen molar-refractivity contribution in [3.63, 3.8) is 0 Å². The van der Waals surface area contributed by atoms with E-state index in [0.717, 1.165) is 18.3 Å². The molecule has 0 radical (unpaired) electrons. The molecule has 0 aromatic rings. The van der Waals surface area contributed by atoms with Crippen LogP contribution in [0, 0.1) is 23.2 Å². The molecule has 3 aliphatic carbocycles. The molecule has 3 aliphatic rings. The van der Waals surface area contributed by atoms with Crippen molar-refractivity contribution in [1.82, 2.24) is 0 Å². The van der Waals surface area contributed by atoms with E-state index in [2.05, 4.69) is 13.8 Å². The topological polar surface area (TPSA) is 46.2 Å². The van der Waals surface area contributed by atoms with E-state index in [-0.39, 0.29) is 6.10 Å². The van der Waals surface area contributed by atoms with Gasteiger partial charge in [0, 0.05) is 0 Å². The molecule has 14 heavy (non-hydrogen) atoms. The van der Waals surface area contributed by atoms with Crippen LogP contribution in [-0.4, -0.2) is 17.8 Å². The molecule has 82 valence electrons. The Labute approximate surface area is 86.9 Å². The third kappa shape index (κ3) is 1.40. The summed E-state index contributed by atoms with van der Waals surface area (Å²) in [6.07, 6.45) is 4.52. The van der Waals surface area contributed by atoms with Crippen molar-refractivity contribution in [2.45, 2.75) is 45.6 Å². The lowest BCUT2D eigenvalue weighted by molar-refractivity contribution is -0.137. The molecule has 2 bridgehead atoms. The zero-order valence-corrected chi connectivity index (χ0v) is 9.37. The first-order valence-corrected chi connectivity index (χ1v) is 5.95. The molecule has 0 aromatic heterocycles. The first-order chi connectivity index (χ1) is 6.57. The molecule has 0 amide bonds. The Hall–Kier alpha value is -0.0800. The molecule has 3 rings (SSSR count). The fraction of sp³-hybridized carbons (Fsp3) is 1.00. The second-order valence-electron chi connectivity index (χ2n) is 5.75. The van der Waals surface area contributed by atoms with Crippen molar-refractivity contribution < 1.29 is 5.11 Å². The highest BCUT2D eigenvalue weighted by molar-refractivity contribution is 5.04. The number of rotatable bonds is 3. The summed E-state index contributed by atoms with van der Waals surface area (Å²) in [5.41, 5.74) is 5.99. The Bertz CT molecular complexity index is 212. The number of fused-ring (bicyclic) bond motifs is 2. The van der Waals surface area contributed by atoms with Gasteiger partial charge in [-0.2, -0.15) is 0 Å². The average molecular weight is 197 g/mol. The molecule has 0 saturated heterocycles. The van der Waals surface area contributed by atoms with E-state index in [1.165, 1.54) is 19.3 Å². The van der Waals surface area contributed by atoms with Crippen LogP contribution in [0.25, 0.3) is 0 Å². The van der Waals surface area contributed by atoms with Gasteiger partial charge in [0.15, 0.2) is 0 Å². The Morgan fingerprint density at radius 2 is 2.14 bits per heavy atom. The SMILES string of the molecule is CC1(C)C2CCC([C@@H](O)CCN)C1C2. The monoisotopic (exact) mass is 197 g/mol. The maximum Gasteiger partial charge on any atom is 0.0583 e. The molecule has 2 heteroatoms. The van der Waals surface area contributed by atoms with Crippen LogP contribution in [0.3, 0.4) is 0 Å². The number of hydrogen-bond acceptors (Lipinski definition) is 2. The smallest absolute Gasteiger partial charge is 0.0583 e. The summed E-state index contributed by atoms with van der Waals surface area (Å²) in [4.78, 5) is 0. The Morgan fingerprint density at radius 1 is 1.43 bits per heavy atom.